The number of anilines is 1. The molecule has 15 heteroatoms. The minimum atomic E-state index is -0.620. The standard InChI is InChI=1S/C12H8ClFN6O.C11H9ClFN3O/c1-21-10-4-8(15-5-16-10)11-9(20-6-17-18-19-20)3-2-7(13)12(11)14;1-17-9-4-8(15-5-16-9)10-7(14)3-2-6(12)11(10)13/h2-6H,1H3;2-5H,14H2,1H3. The summed E-state index contributed by atoms with van der Waals surface area (Å²) >= 11 is 11.6. The van der Waals surface area contributed by atoms with Crippen molar-refractivity contribution in [2.75, 3.05) is 20.0 Å². The molecule has 3 heterocycles. The van der Waals surface area contributed by atoms with Crippen LogP contribution in [0.2, 0.25) is 10.0 Å². The molecular formula is C23H17Cl2F2N9O2. The van der Waals surface area contributed by atoms with Crippen molar-refractivity contribution in [2.24, 2.45) is 0 Å². The van der Waals surface area contributed by atoms with E-state index < -0.39 is 11.6 Å². The van der Waals surface area contributed by atoms with Crippen LogP contribution >= 0.6 is 23.2 Å². The first-order valence-electron chi connectivity index (χ1n) is 10.5. The Morgan fingerprint density at radius 2 is 1.34 bits per heavy atom. The van der Waals surface area contributed by atoms with Gasteiger partial charge in [0.05, 0.1) is 52.5 Å². The van der Waals surface area contributed by atoms with E-state index in [1.54, 1.807) is 6.07 Å². The zero-order chi connectivity index (χ0) is 27.2. The normalized spacial score (nSPS) is 10.5. The Hall–Kier alpha value is -4.49. The van der Waals surface area contributed by atoms with Crippen molar-refractivity contribution in [3.63, 3.8) is 0 Å². The summed E-state index contributed by atoms with van der Waals surface area (Å²) in [6, 6.07) is 8.94. The molecule has 38 heavy (non-hydrogen) atoms. The van der Waals surface area contributed by atoms with Gasteiger partial charge in [0.1, 0.15) is 19.0 Å². The van der Waals surface area contributed by atoms with E-state index in [-0.39, 0.29) is 26.9 Å². The molecule has 0 aliphatic carbocycles. The van der Waals surface area contributed by atoms with E-state index in [2.05, 4.69) is 35.5 Å². The van der Waals surface area contributed by atoms with Crippen molar-refractivity contribution in [1.82, 2.24) is 40.1 Å². The van der Waals surface area contributed by atoms with Crippen LogP contribution < -0.4 is 15.2 Å². The van der Waals surface area contributed by atoms with Gasteiger partial charge < -0.3 is 15.2 Å². The molecule has 3 aromatic heterocycles. The Kier molecular flexibility index (Phi) is 8.19. The molecule has 0 fully saturated rings. The fourth-order valence-electron chi connectivity index (χ4n) is 3.25. The van der Waals surface area contributed by atoms with Crippen molar-refractivity contribution in [2.45, 2.75) is 0 Å². The molecule has 0 saturated heterocycles. The number of aromatic nitrogens is 8. The number of halogens is 4. The average Bonchev–Trinajstić information content (AvgIpc) is 3.48. The maximum atomic E-state index is 14.5. The van der Waals surface area contributed by atoms with Gasteiger partial charge in [0, 0.05) is 17.8 Å². The van der Waals surface area contributed by atoms with E-state index in [0.29, 0.717) is 28.8 Å². The van der Waals surface area contributed by atoms with Crippen molar-refractivity contribution in [1.29, 1.82) is 0 Å². The summed E-state index contributed by atoms with van der Waals surface area (Å²) < 4.78 is 39.6. The fraction of sp³-hybridized carbons (Fsp3) is 0.0870. The predicted octanol–water partition coefficient (Wildman–Crippen LogP) is 4.45. The quantitative estimate of drug-likeness (QED) is 0.307. The highest BCUT2D eigenvalue weighted by atomic mass is 35.5. The molecule has 0 aliphatic rings. The molecule has 0 radical (unpaired) electrons. The second-order valence-electron chi connectivity index (χ2n) is 7.23. The molecule has 0 unspecified atom stereocenters. The number of benzene rings is 2. The van der Waals surface area contributed by atoms with Crippen LogP contribution in [0.5, 0.6) is 11.8 Å². The van der Waals surface area contributed by atoms with Gasteiger partial charge in [0.25, 0.3) is 0 Å². The second-order valence-corrected chi connectivity index (χ2v) is 8.04. The largest absolute Gasteiger partial charge is 0.481 e. The predicted molar refractivity (Wildman–Crippen MR) is 135 cm³/mol. The van der Waals surface area contributed by atoms with Crippen LogP contribution in [0.25, 0.3) is 28.2 Å². The number of hydrogen-bond acceptors (Lipinski definition) is 10. The van der Waals surface area contributed by atoms with Crippen LogP contribution in [0.15, 0.2) is 55.4 Å². The molecule has 2 aromatic carbocycles. The first-order chi connectivity index (χ1) is 18.3. The van der Waals surface area contributed by atoms with Crippen LogP contribution in [0, 0.1) is 11.6 Å². The summed E-state index contributed by atoms with van der Waals surface area (Å²) in [7, 11) is 2.92. The maximum Gasteiger partial charge on any atom is 0.216 e. The van der Waals surface area contributed by atoms with Crippen LogP contribution in [-0.4, -0.2) is 54.4 Å². The molecule has 0 amide bonds. The van der Waals surface area contributed by atoms with Crippen molar-refractivity contribution < 1.29 is 18.3 Å². The minimum absolute atomic E-state index is 0.00761. The lowest BCUT2D eigenvalue weighted by Gasteiger charge is -2.11. The Morgan fingerprint density at radius 3 is 1.89 bits per heavy atom. The molecule has 0 saturated carbocycles. The first kappa shape index (κ1) is 26.6. The van der Waals surface area contributed by atoms with E-state index in [9.17, 15) is 8.78 Å². The highest BCUT2D eigenvalue weighted by Crippen LogP contribution is 2.34. The Morgan fingerprint density at radius 1 is 0.789 bits per heavy atom. The van der Waals surface area contributed by atoms with Crippen LogP contribution in [0.4, 0.5) is 14.5 Å². The molecule has 5 rings (SSSR count). The second kappa shape index (κ2) is 11.7. The number of tetrazole rings is 1. The van der Waals surface area contributed by atoms with Crippen molar-refractivity contribution >= 4 is 28.9 Å². The molecule has 2 N–H and O–H groups in total. The number of hydrogen-bond donors (Lipinski definition) is 1. The topological polar surface area (TPSA) is 140 Å². The van der Waals surface area contributed by atoms with E-state index in [0.717, 1.165) is 0 Å². The molecule has 0 spiro atoms. The van der Waals surface area contributed by atoms with Crippen LogP contribution in [0.1, 0.15) is 0 Å². The highest BCUT2D eigenvalue weighted by Gasteiger charge is 2.19. The summed E-state index contributed by atoms with van der Waals surface area (Å²) in [5.74, 6) is -0.589. The SMILES string of the molecule is COc1cc(-c2c(-n3cnnn3)ccc(Cl)c2F)ncn1.COc1cc(-c2c(N)ccc(Cl)c2F)ncn1. The summed E-state index contributed by atoms with van der Waals surface area (Å²) in [6.07, 6.45) is 3.90. The number of methoxy groups -OCH3 is 2. The van der Waals surface area contributed by atoms with Gasteiger partial charge in [-0.3, -0.25) is 0 Å². The van der Waals surface area contributed by atoms with Gasteiger partial charge in [-0.05, 0) is 34.7 Å². The van der Waals surface area contributed by atoms with Gasteiger partial charge in [-0.1, -0.05) is 23.2 Å². The molecule has 0 atom stereocenters. The molecule has 194 valence electrons. The van der Waals surface area contributed by atoms with Gasteiger partial charge in [0.2, 0.25) is 11.8 Å². The Labute approximate surface area is 224 Å². The molecule has 5 aromatic rings. The number of nitrogens with two attached hydrogens (primary N) is 1. The molecule has 11 nitrogen and oxygen atoms in total. The van der Waals surface area contributed by atoms with Crippen LogP contribution in [0.3, 0.4) is 0 Å². The molecule has 0 bridgehead atoms. The summed E-state index contributed by atoms with van der Waals surface area (Å²) in [4.78, 5) is 15.7. The zero-order valence-corrected chi connectivity index (χ0v) is 21.2. The number of rotatable bonds is 5. The van der Waals surface area contributed by atoms with E-state index in [4.69, 9.17) is 38.4 Å². The highest BCUT2D eigenvalue weighted by molar-refractivity contribution is 6.31. The van der Waals surface area contributed by atoms with E-state index >= 15 is 0 Å². The lowest BCUT2D eigenvalue weighted by molar-refractivity contribution is 0.397. The summed E-state index contributed by atoms with van der Waals surface area (Å²) in [5.41, 5.74) is 7.33. The number of nitrogens with zero attached hydrogens (tertiary/aromatic N) is 8. The first-order valence-corrected chi connectivity index (χ1v) is 11.3. The van der Waals surface area contributed by atoms with E-state index in [1.165, 1.54) is 68.2 Å². The smallest absolute Gasteiger partial charge is 0.216 e. The Balaban J connectivity index is 0.000000181. The van der Waals surface area contributed by atoms with Crippen LogP contribution in [-0.2, 0) is 0 Å². The van der Waals surface area contributed by atoms with Crippen molar-refractivity contribution in [3.05, 3.63) is 77.1 Å². The maximum absolute atomic E-state index is 14.5. The van der Waals surface area contributed by atoms with Gasteiger partial charge in [-0.25, -0.2) is 28.7 Å². The molecule has 0 aliphatic heterocycles. The molecular weight excluding hydrogens is 543 g/mol. The number of ether oxygens (including phenoxy) is 2. The zero-order valence-electron chi connectivity index (χ0n) is 19.7. The van der Waals surface area contributed by atoms with Gasteiger partial charge in [-0.15, -0.1) is 5.10 Å². The summed E-state index contributed by atoms with van der Waals surface area (Å²) in [6.45, 7) is 0. The average molecular weight is 560 g/mol. The summed E-state index contributed by atoms with van der Waals surface area (Å²) in [5, 5.41) is 10.8. The van der Waals surface area contributed by atoms with E-state index in [1.807, 2.05) is 0 Å². The van der Waals surface area contributed by atoms with Crippen molar-refractivity contribution in [3.8, 4) is 40.0 Å². The minimum Gasteiger partial charge on any atom is -0.481 e. The van der Waals surface area contributed by atoms with Gasteiger partial charge in [0.15, 0.2) is 11.6 Å². The third kappa shape index (κ3) is 5.58. The lowest BCUT2D eigenvalue weighted by Crippen LogP contribution is -2.02. The fourth-order valence-corrected chi connectivity index (χ4v) is 3.56. The monoisotopic (exact) mass is 559 g/mol. The van der Waals surface area contributed by atoms with Gasteiger partial charge >= 0.3 is 0 Å². The number of nitrogen functional groups attached to an aromatic ring is 1. The lowest BCUT2D eigenvalue weighted by atomic mass is 10.1. The van der Waals surface area contributed by atoms with Gasteiger partial charge in [-0.2, -0.15) is 4.68 Å². The third-order valence-corrected chi connectivity index (χ3v) is 5.59. The third-order valence-electron chi connectivity index (χ3n) is 5.01. The Bertz CT molecular complexity index is 1570.